The van der Waals surface area contributed by atoms with E-state index < -0.39 is 35.7 Å². The molecule has 0 saturated heterocycles. The van der Waals surface area contributed by atoms with Crippen molar-refractivity contribution >= 4 is 0 Å². The molecule has 0 atom stereocenters. The molecule has 0 spiro atoms. The molecule has 1 nitrogen and oxygen atoms in total. The standard InChI is InChI=1S/C26H32F4O/c27-23-16-21(20-8-2-1-3-9-20)17-24(28)26(23,31-25(29)30)22-14-12-19(13-15-22)11-10-18-6-4-5-7-18/h1-3,8-9,16-19,21-22,25H,4-7,10-15H2/t19-,21?,22-,26?. The summed E-state index contributed by atoms with van der Waals surface area (Å²) in [6.45, 7) is -3.24. The summed E-state index contributed by atoms with van der Waals surface area (Å²) in [6, 6.07) is 8.94. The van der Waals surface area contributed by atoms with Gasteiger partial charge in [0.25, 0.3) is 0 Å². The topological polar surface area (TPSA) is 9.23 Å². The maximum Gasteiger partial charge on any atom is 0.346 e. The Morgan fingerprint density at radius 3 is 1.90 bits per heavy atom. The second-order valence-corrected chi connectivity index (χ2v) is 9.53. The van der Waals surface area contributed by atoms with Gasteiger partial charge in [-0.3, -0.25) is 0 Å². The first-order valence-corrected chi connectivity index (χ1v) is 11.8. The molecule has 0 bridgehead atoms. The lowest BCUT2D eigenvalue weighted by Crippen LogP contribution is -2.47. The zero-order chi connectivity index (χ0) is 21.8. The summed E-state index contributed by atoms with van der Waals surface area (Å²) in [7, 11) is 0. The van der Waals surface area contributed by atoms with E-state index in [0.717, 1.165) is 25.2 Å². The number of rotatable bonds is 7. The van der Waals surface area contributed by atoms with Crippen LogP contribution in [0.3, 0.4) is 0 Å². The van der Waals surface area contributed by atoms with Gasteiger partial charge in [-0.05, 0) is 42.4 Å². The Kier molecular flexibility index (Phi) is 7.20. The molecule has 170 valence electrons. The third-order valence-electron chi connectivity index (χ3n) is 7.70. The number of alkyl halides is 2. The molecule has 1 aromatic rings. The van der Waals surface area contributed by atoms with Gasteiger partial charge < -0.3 is 4.74 Å². The van der Waals surface area contributed by atoms with Gasteiger partial charge in [0.05, 0.1) is 0 Å². The molecule has 0 aliphatic heterocycles. The molecule has 0 amide bonds. The van der Waals surface area contributed by atoms with E-state index in [9.17, 15) is 8.78 Å². The maximum absolute atomic E-state index is 15.4. The minimum Gasteiger partial charge on any atom is -0.301 e. The van der Waals surface area contributed by atoms with Gasteiger partial charge in [0.2, 0.25) is 0 Å². The van der Waals surface area contributed by atoms with E-state index in [1.165, 1.54) is 44.3 Å². The van der Waals surface area contributed by atoms with Crippen LogP contribution in [0.25, 0.3) is 0 Å². The Balaban J connectivity index is 1.47. The molecule has 0 N–H and O–H groups in total. The highest BCUT2D eigenvalue weighted by Crippen LogP contribution is 2.51. The van der Waals surface area contributed by atoms with Gasteiger partial charge in [-0.2, -0.15) is 8.78 Å². The molecule has 4 rings (SSSR count). The number of hydrogen-bond donors (Lipinski definition) is 0. The summed E-state index contributed by atoms with van der Waals surface area (Å²) in [5.74, 6) is -1.75. The molecule has 31 heavy (non-hydrogen) atoms. The monoisotopic (exact) mass is 436 g/mol. The molecule has 1 aromatic carbocycles. The summed E-state index contributed by atoms with van der Waals surface area (Å²) >= 11 is 0. The van der Waals surface area contributed by atoms with Crippen LogP contribution in [0.5, 0.6) is 0 Å². The Hall–Kier alpha value is -1.62. The third-order valence-corrected chi connectivity index (χ3v) is 7.70. The van der Waals surface area contributed by atoms with Crippen LogP contribution in [0.1, 0.15) is 75.7 Å². The molecular formula is C26H32F4O. The molecule has 0 radical (unpaired) electrons. The number of halogens is 4. The van der Waals surface area contributed by atoms with Crippen molar-refractivity contribution in [3.63, 3.8) is 0 Å². The number of allylic oxidation sites excluding steroid dienone is 2. The first-order valence-electron chi connectivity index (χ1n) is 11.8. The Morgan fingerprint density at radius 1 is 0.806 bits per heavy atom. The van der Waals surface area contributed by atoms with E-state index in [2.05, 4.69) is 0 Å². The molecule has 2 fully saturated rings. The van der Waals surface area contributed by atoms with E-state index in [1.54, 1.807) is 24.3 Å². The Morgan fingerprint density at radius 2 is 1.35 bits per heavy atom. The maximum atomic E-state index is 15.4. The lowest BCUT2D eigenvalue weighted by atomic mass is 9.69. The average molecular weight is 437 g/mol. The van der Waals surface area contributed by atoms with Crippen molar-refractivity contribution in [3.05, 3.63) is 59.7 Å². The zero-order valence-electron chi connectivity index (χ0n) is 17.9. The smallest absolute Gasteiger partial charge is 0.301 e. The van der Waals surface area contributed by atoms with Crippen molar-refractivity contribution in [3.8, 4) is 0 Å². The fourth-order valence-corrected chi connectivity index (χ4v) is 5.96. The number of hydrogen-bond acceptors (Lipinski definition) is 1. The lowest BCUT2D eigenvalue weighted by molar-refractivity contribution is -0.215. The normalized spacial score (nSPS) is 32.2. The zero-order valence-corrected chi connectivity index (χ0v) is 17.9. The summed E-state index contributed by atoms with van der Waals surface area (Å²) in [6.07, 6.45) is 12.7. The molecule has 0 unspecified atom stereocenters. The van der Waals surface area contributed by atoms with Crippen LogP contribution in [0.4, 0.5) is 17.6 Å². The first kappa shape index (κ1) is 22.6. The van der Waals surface area contributed by atoms with Crippen molar-refractivity contribution in [1.82, 2.24) is 0 Å². The van der Waals surface area contributed by atoms with Crippen molar-refractivity contribution in [1.29, 1.82) is 0 Å². The predicted molar refractivity (Wildman–Crippen MR) is 114 cm³/mol. The summed E-state index contributed by atoms with van der Waals surface area (Å²) in [5.41, 5.74) is -1.57. The number of ether oxygens (including phenoxy) is 1. The fraction of sp³-hybridized carbons (Fsp3) is 0.615. The van der Waals surface area contributed by atoms with Gasteiger partial charge in [-0.15, -0.1) is 0 Å². The van der Waals surface area contributed by atoms with Crippen LogP contribution in [0, 0.1) is 17.8 Å². The Labute approximate surface area is 182 Å². The predicted octanol–water partition coefficient (Wildman–Crippen LogP) is 8.25. The van der Waals surface area contributed by atoms with Gasteiger partial charge in [0, 0.05) is 11.8 Å². The average Bonchev–Trinajstić information content (AvgIpc) is 3.29. The van der Waals surface area contributed by atoms with Gasteiger partial charge in [0.15, 0.2) is 5.60 Å². The molecule has 3 aliphatic rings. The van der Waals surface area contributed by atoms with Crippen molar-refractivity contribution in [2.45, 2.75) is 82.3 Å². The second kappa shape index (κ2) is 9.89. The van der Waals surface area contributed by atoms with Crippen molar-refractivity contribution in [2.24, 2.45) is 17.8 Å². The van der Waals surface area contributed by atoms with E-state index >= 15 is 8.78 Å². The van der Waals surface area contributed by atoms with Crippen LogP contribution >= 0.6 is 0 Å². The fourth-order valence-electron chi connectivity index (χ4n) is 5.96. The molecule has 5 heteroatoms. The second-order valence-electron chi connectivity index (χ2n) is 9.53. The highest BCUT2D eigenvalue weighted by molar-refractivity contribution is 5.41. The van der Waals surface area contributed by atoms with Crippen LogP contribution < -0.4 is 0 Å². The van der Waals surface area contributed by atoms with Gasteiger partial charge >= 0.3 is 6.61 Å². The quantitative estimate of drug-likeness (QED) is 0.391. The van der Waals surface area contributed by atoms with E-state index in [4.69, 9.17) is 4.74 Å². The molecule has 0 heterocycles. The number of benzene rings is 1. The van der Waals surface area contributed by atoms with E-state index in [-0.39, 0.29) is 0 Å². The van der Waals surface area contributed by atoms with Crippen LogP contribution in [0.2, 0.25) is 0 Å². The van der Waals surface area contributed by atoms with Gasteiger partial charge in [-0.1, -0.05) is 81.7 Å². The van der Waals surface area contributed by atoms with Crippen LogP contribution in [-0.4, -0.2) is 12.2 Å². The van der Waals surface area contributed by atoms with Gasteiger partial charge in [0.1, 0.15) is 11.7 Å². The minimum atomic E-state index is -3.24. The lowest BCUT2D eigenvalue weighted by Gasteiger charge is -2.43. The van der Waals surface area contributed by atoms with E-state index in [1.807, 2.05) is 6.07 Å². The van der Waals surface area contributed by atoms with Crippen molar-refractivity contribution < 1.29 is 22.3 Å². The van der Waals surface area contributed by atoms with E-state index in [0.29, 0.717) is 24.3 Å². The third kappa shape index (κ3) is 4.92. The summed E-state index contributed by atoms with van der Waals surface area (Å²) in [5, 5.41) is 0. The minimum absolute atomic E-state index is 0.501. The van der Waals surface area contributed by atoms with Crippen LogP contribution in [-0.2, 0) is 4.74 Å². The largest absolute Gasteiger partial charge is 0.346 e. The van der Waals surface area contributed by atoms with Gasteiger partial charge in [-0.25, -0.2) is 8.78 Å². The van der Waals surface area contributed by atoms with Crippen LogP contribution in [0.15, 0.2) is 54.1 Å². The highest BCUT2D eigenvalue weighted by Gasteiger charge is 2.53. The summed E-state index contributed by atoms with van der Waals surface area (Å²) < 4.78 is 62.3. The molecule has 2 saturated carbocycles. The van der Waals surface area contributed by atoms with Crippen molar-refractivity contribution in [2.75, 3.05) is 0 Å². The molecule has 3 aliphatic carbocycles. The highest BCUT2D eigenvalue weighted by atomic mass is 19.3. The summed E-state index contributed by atoms with van der Waals surface area (Å²) in [4.78, 5) is 0. The Bertz CT molecular complexity index is 754. The first-order chi connectivity index (χ1) is 15.0. The molecular weight excluding hydrogens is 404 g/mol. The molecule has 0 aromatic heterocycles. The SMILES string of the molecule is FC1=CC(c2ccccc2)C=C(F)C1(OC(F)F)[C@H]1CC[C@H](CCC2CCCC2)CC1.